The van der Waals surface area contributed by atoms with Crippen LogP contribution >= 0.6 is 0 Å². The first-order chi connectivity index (χ1) is 10.6. The Morgan fingerprint density at radius 3 is 2.55 bits per heavy atom. The van der Waals surface area contributed by atoms with Gasteiger partial charge in [-0.1, -0.05) is 42.5 Å². The highest BCUT2D eigenvalue weighted by Gasteiger charge is 2.10. The maximum Gasteiger partial charge on any atom is 0.339 e. The number of carboxylic acid groups (broad SMARTS) is 1. The van der Waals surface area contributed by atoms with Crippen LogP contribution in [0.1, 0.15) is 15.9 Å². The third-order valence-electron chi connectivity index (χ3n) is 3.47. The number of ether oxygens (including phenoxy) is 1. The highest BCUT2D eigenvalue weighted by atomic mass is 16.5. The highest BCUT2D eigenvalue weighted by molar-refractivity contribution is 5.91. The molecule has 0 aliphatic carbocycles. The summed E-state index contributed by atoms with van der Waals surface area (Å²) in [7, 11) is 0. The summed E-state index contributed by atoms with van der Waals surface area (Å²) in [6.45, 7) is 0.340. The molecule has 0 bridgehead atoms. The molecular formula is C18H14O4. The molecule has 0 saturated heterocycles. The van der Waals surface area contributed by atoms with Gasteiger partial charge in [0, 0.05) is 6.07 Å². The van der Waals surface area contributed by atoms with Crippen molar-refractivity contribution in [1.82, 2.24) is 0 Å². The molecule has 110 valence electrons. The number of hydrogen-bond donors (Lipinski definition) is 2. The van der Waals surface area contributed by atoms with Crippen LogP contribution in [0.3, 0.4) is 0 Å². The summed E-state index contributed by atoms with van der Waals surface area (Å²) < 4.78 is 5.66. The molecule has 0 aliphatic rings. The number of carbonyl (C=O) groups is 1. The fourth-order valence-corrected chi connectivity index (χ4v) is 2.36. The minimum atomic E-state index is -1.17. The Labute approximate surface area is 127 Å². The zero-order valence-electron chi connectivity index (χ0n) is 11.7. The summed E-state index contributed by atoms with van der Waals surface area (Å²) in [5.74, 6) is -1.04. The van der Waals surface area contributed by atoms with E-state index in [0.29, 0.717) is 12.4 Å². The maximum atomic E-state index is 10.9. The highest BCUT2D eigenvalue weighted by Crippen LogP contribution is 2.25. The Morgan fingerprint density at radius 2 is 1.77 bits per heavy atom. The molecule has 2 N–H and O–H groups in total. The molecule has 0 saturated carbocycles. The molecule has 0 radical (unpaired) electrons. The first-order valence-electron chi connectivity index (χ1n) is 6.81. The van der Waals surface area contributed by atoms with Crippen LogP contribution in [-0.2, 0) is 6.61 Å². The van der Waals surface area contributed by atoms with Crippen LogP contribution in [-0.4, -0.2) is 16.2 Å². The molecular weight excluding hydrogens is 280 g/mol. The first kappa shape index (κ1) is 13.9. The van der Waals surface area contributed by atoms with Crippen LogP contribution in [0.15, 0.2) is 60.7 Å². The van der Waals surface area contributed by atoms with Crippen molar-refractivity contribution in [3.05, 3.63) is 71.8 Å². The average molecular weight is 294 g/mol. The number of hydrogen-bond acceptors (Lipinski definition) is 3. The molecule has 22 heavy (non-hydrogen) atoms. The van der Waals surface area contributed by atoms with Gasteiger partial charge in [-0.2, -0.15) is 0 Å². The first-order valence-corrected chi connectivity index (χ1v) is 6.81. The van der Waals surface area contributed by atoms with Crippen molar-refractivity contribution >= 4 is 16.7 Å². The Balaban J connectivity index is 1.82. The third-order valence-corrected chi connectivity index (χ3v) is 3.47. The van der Waals surface area contributed by atoms with Gasteiger partial charge in [0.15, 0.2) is 0 Å². The van der Waals surface area contributed by atoms with Gasteiger partial charge in [0.05, 0.1) is 0 Å². The summed E-state index contributed by atoms with van der Waals surface area (Å²) in [6.07, 6.45) is 0. The van der Waals surface area contributed by atoms with E-state index >= 15 is 0 Å². The van der Waals surface area contributed by atoms with Crippen molar-refractivity contribution in [2.45, 2.75) is 6.61 Å². The fraction of sp³-hybridized carbons (Fsp3) is 0.0556. The van der Waals surface area contributed by atoms with E-state index in [9.17, 15) is 9.90 Å². The van der Waals surface area contributed by atoms with Gasteiger partial charge in [-0.25, -0.2) is 4.79 Å². The molecule has 3 aromatic rings. The minimum absolute atomic E-state index is 0.141. The number of rotatable bonds is 4. The van der Waals surface area contributed by atoms with E-state index in [4.69, 9.17) is 9.84 Å². The summed E-state index contributed by atoms with van der Waals surface area (Å²) in [5, 5.41) is 20.8. The van der Waals surface area contributed by atoms with E-state index < -0.39 is 5.97 Å². The van der Waals surface area contributed by atoms with Crippen molar-refractivity contribution in [3.8, 4) is 11.5 Å². The molecule has 0 spiro atoms. The molecule has 4 heteroatoms. The zero-order chi connectivity index (χ0) is 15.5. The van der Waals surface area contributed by atoms with Gasteiger partial charge < -0.3 is 14.9 Å². The van der Waals surface area contributed by atoms with Gasteiger partial charge in [-0.15, -0.1) is 0 Å². The van der Waals surface area contributed by atoms with E-state index in [0.717, 1.165) is 16.3 Å². The smallest absolute Gasteiger partial charge is 0.339 e. The average Bonchev–Trinajstić information content (AvgIpc) is 2.52. The number of fused-ring (bicyclic) bond motifs is 1. The van der Waals surface area contributed by atoms with E-state index in [1.54, 1.807) is 0 Å². The van der Waals surface area contributed by atoms with E-state index in [1.165, 1.54) is 18.2 Å². The Kier molecular flexibility index (Phi) is 3.66. The molecule has 0 atom stereocenters. The van der Waals surface area contributed by atoms with Crippen molar-refractivity contribution in [3.63, 3.8) is 0 Å². The largest absolute Gasteiger partial charge is 0.507 e. The van der Waals surface area contributed by atoms with Gasteiger partial charge in [0.25, 0.3) is 0 Å². The number of aromatic carboxylic acids is 1. The number of aromatic hydroxyl groups is 1. The number of benzene rings is 3. The summed E-state index contributed by atoms with van der Waals surface area (Å²) in [6, 6.07) is 18.2. The van der Waals surface area contributed by atoms with Crippen LogP contribution in [0.4, 0.5) is 0 Å². The SMILES string of the molecule is O=C(O)c1ccc(OCc2cccc3ccccc23)cc1O. The van der Waals surface area contributed by atoms with Gasteiger partial charge >= 0.3 is 5.97 Å². The van der Waals surface area contributed by atoms with Crippen LogP contribution in [0, 0.1) is 0 Å². The van der Waals surface area contributed by atoms with Crippen molar-refractivity contribution < 1.29 is 19.7 Å². The van der Waals surface area contributed by atoms with Crippen LogP contribution in [0.5, 0.6) is 11.5 Å². The van der Waals surface area contributed by atoms with Gasteiger partial charge in [0.2, 0.25) is 0 Å². The van der Waals surface area contributed by atoms with Crippen LogP contribution in [0.25, 0.3) is 10.8 Å². The van der Waals surface area contributed by atoms with Crippen molar-refractivity contribution in [2.75, 3.05) is 0 Å². The van der Waals surface area contributed by atoms with Crippen LogP contribution < -0.4 is 4.74 Å². The molecule has 4 nitrogen and oxygen atoms in total. The predicted octanol–water partition coefficient (Wildman–Crippen LogP) is 3.82. The Bertz CT molecular complexity index is 834. The second kappa shape index (κ2) is 5.77. The molecule has 3 rings (SSSR count). The Morgan fingerprint density at radius 1 is 1.00 bits per heavy atom. The normalized spacial score (nSPS) is 10.5. The van der Waals surface area contributed by atoms with Crippen molar-refractivity contribution in [2.24, 2.45) is 0 Å². The summed E-state index contributed by atoms with van der Waals surface area (Å²) in [4.78, 5) is 10.9. The lowest BCUT2D eigenvalue weighted by Gasteiger charge is -2.10. The minimum Gasteiger partial charge on any atom is -0.507 e. The molecule has 0 unspecified atom stereocenters. The lowest BCUT2D eigenvalue weighted by atomic mass is 10.1. The van der Waals surface area contributed by atoms with Gasteiger partial charge in [0.1, 0.15) is 23.7 Å². The molecule has 0 heterocycles. The van der Waals surface area contributed by atoms with Gasteiger partial charge in [-0.05, 0) is 28.5 Å². The van der Waals surface area contributed by atoms with E-state index in [1.807, 2.05) is 42.5 Å². The topological polar surface area (TPSA) is 66.8 Å². The molecule has 0 amide bonds. The third kappa shape index (κ3) is 2.72. The monoisotopic (exact) mass is 294 g/mol. The van der Waals surface area contributed by atoms with E-state index in [-0.39, 0.29) is 11.3 Å². The Hall–Kier alpha value is -3.01. The number of carboxylic acids is 1. The summed E-state index contributed by atoms with van der Waals surface area (Å²) in [5.41, 5.74) is 0.886. The molecule has 3 aromatic carbocycles. The second-order valence-electron chi connectivity index (χ2n) is 4.91. The zero-order valence-corrected chi connectivity index (χ0v) is 11.7. The maximum absolute atomic E-state index is 10.9. The van der Waals surface area contributed by atoms with Gasteiger partial charge in [-0.3, -0.25) is 0 Å². The number of phenols is 1. The lowest BCUT2D eigenvalue weighted by molar-refractivity contribution is 0.0693. The predicted molar refractivity (Wildman–Crippen MR) is 83.3 cm³/mol. The molecule has 0 aromatic heterocycles. The lowest BCUT2D eigenvalue weighted by Crippen LogP contribution is -1.99. The fourth-order valence-electron chi connectivity index (χ4n) is 2.36. The van der Waals surface area contributed by atoms with Crippen molar-refractivity contribution in [1.29, 1.82) is 0 Å². The quantitative estimate of drug-likeness (QED) is 0.767. The molecule has 0 fully saturated rings. The van der Waals surface area contributed by atoms with E-state index in [2.05, 4.69) is 0 Å². The second-order valence-corrected chi connectivity index (χ2v) is 4.91. The standard InChI is InChI=1S/C18H14O4/c19-17-10-14(8-9-16(17)18(20)21)22-11-13-6-3-5-12-4-1-2-7-15(12)13/h1-10,19H,11H2,(H,20,21). The van der Waals surface area contributed by atoms with Crippen LogP contribution in [0.2, 0.25) is 0 Å². The summed E-state index contributed by atoms with van der Waals surface area (Å²) >= 11 is 0. The molecule has 0 aliphatic heterocycles.